The van der Waals surface area contributed by atoms with E-state index in [2.05, 4.69) is 0 Å². The maximum absolute atomic E-state index is 13.3. The number of rotatable bonds is 3. The molecule has 1 amide bonds. The van der Waals surface area contributed by atoms with E-state index in [1.54, 1.807) is 11.8 Å². The average molecular weight is 456 g/mol. The second-order valence-corrected chi connectivity index (χ2v) is 9.79. The van der Waals surface area contributed by atoms with Gasteiger partial charge in [-0.1, -0.05) is 6.42 Å². The number of amides is 1. The number of piperidine rings is 1. The molecular formula is C26H33NO6. The predicted molar refractivity (Wildman–Crippen MR) is 122 cm³/mol. The third-order valence-electron chi connectivity index (χ3n) is 7.68. The number of nitrogens with zero attached hydrogens (tertiary/aromatic N) is 1. The highest BCUT2D eigenvalue weighted by Crippen LogP contribution is 2.49. The highest BCUT2D eigenvalue weighted by Gasteiger charge is 2.43. The summed E-state index contributed by atoms with van der Waals surface area (Å²) in [6.07, 6.45) is 6.53. The number of furan rings is 1. The van der Waals surface area contributed by atoms with E-state index >= 15 is 0 Å². The fourth-order valence-electron chi connectivity index (χ4n) is 5.93. The number of ether oxygens (including phenoxy) is 2. The first-order chi connectivity index (χ1) is 15.9. The zero-order valence-electron chi connectivity index (χ0n) is 19.5. The van der Waals surface area contributed by atoms with Crippen LogP contribution in [0.2, 0.25) is 0 Å². The molecule has 3 heterocycles. The highest BCUT2D eigenvalue weighted by molar-refractivity contribution is 6.00. The van der Waals surface area contributed by atoms with Crippen molar-refractivity contribution in [3.05, 3.63) is 29.0 Å². The van der Waals surface area contributed by atoms with Crippen LogP contribution >= 0.6 is 0 Å². The quantitative estimate of drug-likeness (QED) is 0.677. The molecule has 0 bridgehead atoms. The number of fused-ring (bicyclic) bond motifs is 3. The number of benzene rings is 1. The molecule has 2 fully saturated rings. The van der Waals surface area contributed by atoms with Crippen molar-refractivity contribution < 1.29 is 28.6 Å². The van der Waals surface area contributed by atoms with E-state index in [4.69, 9.17) is 13.9 Å². The minimum Gasteiger partial charge on any atom is -0.487 e. The Bertz CT molecular complexity index is 1060. The van der Waals surface area contributed by atoms with E-state index in [1.165, 1.54) is 6.42 Å². The summed E-state index contributed by atoms with van der Waals surface area (Å²) < 4.78 is 17.7. The molecule has 2 aromatic rings. The lowest BCUT2D eigenvalue weighted by atomic mass is 9.77. The third-order valence-corrected chi connectivity index (χ3v) is 7.68. The lowest BCUT2D eigenvalue weighted by molar-refractivity contribution is -0.149. The maximum atomic E-state index is 13.3. The molecule has 1 saturated heterocycles. The van der Waals surface area contributed by atoms with Crippen molar-refractivity contribution in [1.82, 2.24) is 4.90 Å². The van der Waals surface area contributed by atoms with Gasteiger partial charge in [-0.05, 0) is 64.5 Å². The van der Waals surface area contributed by atoms with Gasteiger partial charge in [-0.2, -0.15) is 0 Å². The molecule has 5 rings (SSSR count). The smallest absolute Gasteiger partial charge is 0.309 e. The summed E-state index contributed by atoms with van der Waals surface area (Å²) in [5, 5.41) is 11.9. The van der Waals surface area contributed by atoms with Crippen LogP contribution in [0.3, 0.4) is 0 Å². The number of likely N-dealkylation sites (tertiary alicyclic amines) is 1. The van der Waals surface area contributed by atoms with Crippen LogP contribution in [0.5, 0.6) is 5.75 Å². The van der Waals surface area contributed by atoms with E-state index in [-0.39, 0.29) is 23.4 Å². The van der Waals surface area contributed by atoms with Crippen molar-refractivity contribution in [3.8, 4) is 5.75 Å². The Hall–Kier alpha value is -2.54. The molecule has 1 N–H and O–H groups in total. The SMILES string of the molecule is CCOC(=O)C1CCN(C(=O)c2oc3ccc4c(c3c2C)[C@@H](O)CC2(CCCCC2)O4)CC1. The van der Waals surface area contributed by atoms with Gasteiger partial charge in [0.1, 0.15) is 16.9 Å². The van der Waals surface area contributed by atoms with Crippen molar-refractivity contribution >= 4 is 22.8 Å². The van der Waals surface area contributed by atoms with Gasteiger partial charge in [-0.15, -0.1) is 0 Å². The van der Waals surface area contributed by atoms with Crippen molar-refractivity contribution in [2.75, 3.05) is 19.7 Å². The molecule has 1 saturated carbocycles. The van der Waals surface area contributed by atoms with Gasteiger partial charge < -0.3 is 23.9 Å². The monoisotopic (exact) mass is 455 g/mol. The summed E-state index contributed by atoms with van der Waals surface area (Å²) in [7, 11) is 0. The molecular weight excluding hydrogens is 422 g/mol. The largest absolute Gasteiger partial charge is 0.487 e. The van der Waals surface area contributed by atoms with E-state index < -0.39 is 6.10 Å². The van der Waals surface area contributed by atoms with Gasteiger partial charge in [0.05, 0.1) is 18.6 Å². The summed E-state index contributed by atoms with van der Waals surface area (Å²) >= 11 is 0. The first-order valence-corrected chi connectivity index (χ1v) is 12.3. The maximum Gasteiger partial charge on any atom is 0.309 e. The number of hydrogen-bond donors (Lipinski definition) is 1. The Morgan fingerprint density at radius 3 is 2.61 bits per heavy atom. The molecule has 3 aliphatic rings. The van der Waals surface area contributed by atoms with Crippen LogP contribution in [-0.4, -0.2) is 47.2 Å². The molecule has 178 valence electrons. The first-order valence-electron chi connectivity index (χ1n) is 12.3. The first kappa shape index (κ1) is 22.3. The molecule has 33 heavy (non-hydrogen) atoms. The van der Waals surface area contributed by atoms with Crippen LogP contribution in [0.15, 0.2) is 16.5 Å². The van der Waals surface area contributed by atoms with Gasteiger partial charge in [-0.25, -0.2) is 0 Å². The molecule has 7 heteroatoms. The van der Waals surface area contributed by atoms with Crippen LogP contribution in [0, 0.1) is 12.8 Å². The molecule has 1 spiro atoms. The number of carbonyl (C=O) groups is 2. The van der Waals surface area contributed by atoms with Gasteiger partial charge in [0.25, 0.3) is 5.91 Å². The predicted octanol–water partition coefficient (Wildman–Crippen LogP) is 4.68. The van der Waals surface area contributed by atoms with Crippen molar-refractivity contribution in [2.45, 2.75) is 76.9 Å². The lowest BCUT2D eigenvalue weighted by Crippen LogP contribution is -2.42. The lowest BCUT2D eigenvalue weighted by Gasteiger charge is -2.43. The molecule has 2 aliphatic heterocycles. The summed E-state index contributed by atoms with van der Waals surface area (Å²) in [6, 6.07) is 3.72. The Kier molecular flexibility index (Phi) is 5.85. The molecule has 1 aliphatic carbocycles. The minimum atomic E-state index is -0.643. The fraction of sp³-hybridized carbons (Fsp3) is 0.615. The van der Waals surface area contributed by atoms with E-state index in [0.717, 1.165) is 42.2 Å². The summed E-state index contributed by atoms with van der Waals surface area (Å²) in [6.45, 7) is 5.03. The van der Waals surface area contributed by atoms with Gasteiger partial charge in [0, 0.05) is 36.0 Å². The summed E-state index contributed by atoms with van der Waals surface area (Å²) in [4.78, 5) is 27.1. The van der Waals surface area contributed by atoms with Crippen molar-refractivity contribution in [3.63, 3.8) is 0 Å². The van der Waals surface area contributed by atoms with Crippen LogP contribution < -0.4 is 4.74 Å². The zero-order chi connectivity index (χ0) is 23.2. The van der Waals surface area contributed by atoms with E-state index in [0.29, 0.717) is 56.1 Å². The Labute approximate surface area is 194 Å². The molecule has 1 aromatic carbocycles. The summed E-state index contributed by atoms with van der Waals surface area (Å²) in [5.41, 5.74) is 1.79. The minimum absolute atomic E-state index is 0.155. The third kappa shape index (κ3) is 3.90. The molecule has 1 aromatic heterocycles. The van der Waals surface area contributed by atoms with Crippen molar-refractivity contribution in [1.29, 1.82) is 0 Å². The standard InChI is InChI=1S/C26H33NO6/c1-3-31-25(30)17-9-13-27(14-10-17)24(29)23-16(2)21-19(32-23)7-8-20-22(21)18(28)15-26(33-20)11-5-4-6-12-26/h7-8,17-18,28H,3-6,9-15H2,1-2H3/t18-/m0/s1. The Balaban J connectivity index is 1.40. The number of hydrogen-bond acceptors (Lipinski definition) is 6. The van der Waals surface area contributed by atoms with Crippen molar-refractivity contribution in [2.24, 2.45) is 5.92 Å². The number of esters is 1. The van der Waals surface area contributed by atoms with E-state index in [9.17, 15) is 14.7 Å². The van der Waals surface area contributed by atoms with Gasteiger partial charge in [0.15, 0.2) is 5.76 Å². The molecule has 7 nitrogen and oxygen atoms in total. The number of aryl methyl sites for hydroxylation is 1. The van der Waals surface area contributed by atoms with Gasteiger partial charge in [0.2, 0.25) is 0 Å². The van der Waals surface area contributed by atoms with Gasteiger partial charge >= 0.3 is 5.97 Å². The topological polar surface area (TPSA) is 89.2 Å². The highest BCUT2D eigenvalue weighted by atomic mass is 16.5. The second kappa shape index (κ2) is 8.67. The number of aliphatic hydroxyl groups is 1. The normalized spacial score (nSPS) is 22.8. The zero-order valence-corrected chi connectivity index (χ0v) is 19.5. The van der Waals surface area contributed by atoms with E-state index in [1.807, 2.05) is 19.1 Å². The van der Waals surface area contributed by atoms with Crippen LogP contribution in [0.25, 0.3) is 11.0 Å². The number of aliphatic hydroxyl groups excluding tert-OH is 1. The van der Waals surface area contributed by atoms with Crippen LogP contribution in [0.1, 0.15) is 86.1 Å². The number of carbonyl (C=O) groups excluding carboxylic acids is 2. The Morgan fingerprint density at radius 1 is 1.18 bits per heavy atom. The Morgan fingerprint density at radius 2 is 1.91 bits per heavy atom. The van der Waals surface area contributed by atoms with Gasteiger partial charge in [-0.3, -0.25) is 9.59 Å². The second-order valence-electron chi connectivity index (χ2n) is 9.79. The van der Waals surface area contributed by atoms with Crippen LogP contribution in [-0.2, 0) is 9.53 Å². The molecule has 1 atom stereocenters. The molecule has 0 unspecified atom stereocenters. The fourth-order valence-corrected chi connectivity index (χ4v) is 5.93. The van der Waals surface area contributed by atoms with Crippen LogP contribution in [0.4, 0.5) is 0 Å². The molecule has 0 radical (unpaired) electrons. The summed E-state index contributed by atoms with van der Waals surface area (Å²) in [5.74, 6) is 0.507. The average Bonchev–Trinajstić information content (AvgIpc) is 3.15.